The van der Waals surface area contributed by atoms with Gasteiger partial charge in [-0.1, -0.05) is 6.07 Å². The first-order valence-electron chi connectivity index (χ1n) is 14.9. The number of imidazole rings is 2. The zero-order chi connectivity index (χ0) is 29.7. The van der Waals surface area contributed by atoms with Gasteiger partial charge in [0.05, 0.1) is 42.4 Å². The third-order valence-corrected chi connectivity index (χ3v) is 9.87. The van der Waals surface area contributed by atoms with Gasteiger partial charge < -0.3 is 24.8 Å². The van der Waals surface area contributed by atoms with Crippen LogP contribution in [-0.2, 0) is 9.59 Å². The van der Waals surface area contributed by atoms with Gasteiger partial charge in [-0.05, 0) is 75.5 Å². The van der Waals surface area contributed by atoms with Crippen LogP contribution in [0.25, 0.3) is 38.4 Å². The number of likely N-dealkylation sites (tertiary alicyclic amines) is 2. The SMILES string of the molecule is CC(=O)NCC(=O)N1CCC[C@H]1c1ncc(-c2ccc(-n3ccc4c(-c5cnc([C@@H]6CCCN6C)[nH]5)csc43)c(C)c2)[nH]1. The lowest BCUT2D eigenvalue weighted by molar-refractivity contribution is -0.133. The maximum atomic E-state index is 12.7. The second-order valence-corrected chi connectivity index (χ2v) is 12.6. The summed E-state index contributed by atoms with van der Waals surface area (Å²) in [5.74, 6) is 1.55. The summed E-state index contributed by atoms with van der Waals surface area (Å²) in [5, 5.41) is 6.05. The van der Waals surface area contributed by atoms with E-state index in [-0.39, 0.29) is 24.4 Å². The fourth-order valence-corrected chi connectivity index (χ4v) is 7.68. The summed E-state index contributed by atoms with van der Waals surface area (Å²) >= 11 is 1.75. The normalized spacial score (nSPS) is 19.1. The van der Waals surface area contributed by atoms with E-state index in [1.807, 2.05) is 17.3 Å². The maximum absolute atomic E-state index is 12.7. The molecule has 0 spiro atoms. The zero-order valence-corrected chi connectivity index (χ0v) is 25.5. The maximum Gasteiger partial charge on any atom is 0.242 e. The number of hydrogen-bond donors (Lipinski definition) is 3. The number of rotatable bonds is 7. The molecule has 2 saturated heterocycles. The van der Waals surface area contributed by atoms with Crippen LogP contribution in [-0.4, -0.2) is 72.8 Å². The highest BCUT2D eigenvalue weighted by Gasteiger charge is 2.32. The van der Waals surface area contributed by atoms with Gasteiger partial charge in [-0.25, -0.2) is 9.97 Å². The summed E-state index contributed by atoms with van der Waals surface area (Å²) in [6.45, 7) is 5.35. The molecule has 0 saturated carbocycles. The Morgan fingerprint density at radius 1 is 1.02 bits per heavy atom. The minimum absolute atomic E-state index is 0.0133. The molecule has 0 radical (unpaired) electrons. The Morgan fingerprint density at radius 3 is 2.53 bits per heavy atom. The third-order valence-electron chi connectivity index (χ3n) is 8.88. The van der Waals surface area contributed by atoms with E-state index in [9.17, 15) is 9.59 Å². The van der Waals surface area contributed by atoms with Crippen LogP contribution in [0.5, 0.6) is 0 Å². The van der Waals surface area contributed by atoms with Crippen LogP contribution < -0.4 is 5.32 Å². The number of H-pyrrole nitrogens is 2. The van der Waals surface area contributed by atoms with Gasteiger partial charge in [0.2, 0.25) is 11.8 Å². The van der Waals surface area contributed by atoms with Gasteiger partial charge in [-0.3, -0.25) is 14.5 Å². The molecule has 2 atom stereocenters. The number of hydrogen-bond acceptors (Lipinski definition) is 6. The molecule has 0 aliphatic carbocycles. The third kappa shape index (κ3) is 5.06. The van der Waals surface area contributed by atoms with Gasteiger partial charge in [-0.2, -0.15) is 0 Å². The van der Waals surface area contributed by atoms with Crippen molar-refractivity contribution in [3.8, 4) is 28.2 Å². The van der Waals surface area contributed by atoms with Crippen molar-refractivity contribution in [2.75, 3.05) is 26.7 Å². The highest BCUT2D eigenvalue weighted by Crippen LogP contribution is 2.38. The molecule has 43 heavy (non-hydrogen) atoms. The number of nitrogens with one attached hydrogen (secondary N) is 3. The number of aryl methyl sites for hydroxylation is 1. The number of aromatic nitrogens is 5. The molecular weight excluding hydrogens is 560 g/mol. The average Bonchev–Trinajstić information content (AvgIpc) is 3.82. The van der Waals surface area contributed by atoms with E-state index in [0.717, 1.165) is 65.7 Å². The average molecular weight is 597 g/mol. The van der Waals surface area contributed by atoms with Crippen molar-refractivity contribution in [2.45, 2.75) is 51.6 Å². The topological polar surface area (TPSA) is 115 Å². The number of fused-ring (bicyclic) bond motifs is 1. The van der Waals surface area contributed by atoms with Crippen molar-refractivity contribution in [3.05, 3.63) is 65.4 Å². The quantitative estimate of drug-likeness (QED) is 0.234. The number of benzene rings is 1. The molecule has 5 aromatic rings. The highest BCUT2D eigenvalue weighted by molar-refractivity contribution is 7.17. The molecular formula is C32H36N8O2S. The first-order valence-corrected chi connectivity index (χ1v) is 15.8. The van der Waals surface area contributed by atoms with Crippen LogP contribution in [0.2, 0.25) is 0 Å². The second kappa shape index (κ2) is 11.1. The number of nitrogens with zero attached hydrogens (tertiary/aromatic N) is 5. The zero-order valence-electron chi connectivity index (χ0n) is 24.7. The molecule has 6 heterocycles. The lowest BCUT2D eigenvalue weighted by Crippen LogP contribution is -2.39. The molecule has 10 nitrogen and oxygen atoms in total. The van der Waals surface area contributed by atoms with Crippen molar-refractivity contribution in [3.63, 3.8) is 0 Å². The summed E-state index contributed by atoms with van der Waals surface area (Å²) in [5.41, 5.74) is 6.52. The largest absolute Gasteiger partial charge is 0.347 e. The molecule has 2 amide bonds. The lowest BCUT2D eigenvalue weighted by Gasteiger charge is -2.23. The monoisotopic (exact) mass is 596 g/mol. The molecule has 0 unspecified atom stereocenters. The van der Waals surface area contributed by atoms with Crippen molar-refractivity contribution < 1.29 is 9.59 Å². The van der Waals surface area contributed by atoms with E-state index < -0.39 is 0 Å². The summed E-state index contributed by atoms with van der Waals surface area (Å²) in [6, 6.07) is 8.91. The number of thiophene rings is 1. The van der Waals surface area contributed by atoms with Gasteiger partial charge >= 0.3 is 0 Å². The molecule has 222 valence electrons. The van der Waals surface area contributed by atoms with Crippen LogP contribution in [0.15, 0.2) is 48.2 Å². The van der Waals surface area contributed by atoms with Crippen molar-refractivity contribution in [2.24, 2.45) is 0 Å². The van der Waals surface area contributed by atoms with Gasteiger partial charge in [0.1, 0.15) is 16.5 Å². The Morgan fingerprint density at radius 2 is 1.77 bits per heavy atom. The Kier molecular flexibility index (Phi) is 7.14. The van der Waals surface area contributed by atoms with Gasteiger partial charge in [0.15, 0.2) is 0 Å². The van der Waals surface area contributed by atoms with E-state index in [1.165, 1.54) is 29.1 Å². The minimum atomic E-state index is -0.206. The van der Waals surface area contributed by atoms with E-state index in [0.29, 0.717) is 12.6 Å². The van der Waals surface area contributed by atoms with Crippen molar-refractivity contribution >= 4 is 33.4 Å². The summed E-state index contributed by atoms with van der Waals surface area (Å²) < 4.78 is 2.26. The first-order chi connectivity index (χ1) is 20.9. The lowest BCUT2D eigenvalue weighted by atomic mass is 10.1. The smallest absolute Gasteiger partial charge is 0.242 e. The van der Waals surface area contributed by atoms with Crippen LogP contribution in [0.3, 0.4) is 0 Å². The molecule has 0 bridgehead atoms. The van der Waals surface area contributed by atoms with Crippen LogP contribution >= 0.6 is 11.3 Å². The fraction of sp³-hybridized carbons (Fsp3) is 0.375. The second-order valence-electron chi connectivity index (χ2n) is 11.7. The number of carbonyl (C=O) groups is 2. The fourth-order valence-electron chi connectivity index (χ4n) is 6.62. The van der Waals surface area contributed by atoms with Crippen LogP contribution in [0.4, 0.5) is 0 Å². The molecule has 1 aromatic carbocycles. The Labute approximate surface area is 254 Å². The highest BCUT2D eigenvalue weighted by atomic mass is 32.1. The molecule has 4 aromatic heterocycles. The Balaban J connectivity index is 1.11. The molecule has 2 aliphatic heterocycles. The van der Waals surface area contributed by atoms with Crippen LogP contribution in [0.1, 0.15) is 61.9 Å². The predicted molar refractivity (Wildman–Crippen MR) is 168 cm³/mol. The van der Waals surface area contributed by atoms with Crippen molar-refractivity contribution in [1.82, 2.24) is 39.6 Å². The first kappa shape index (κ1) is 27.6. The van der Waals surface area contributed by atoms with E-state index in [2.05, 4.69) is 79.5 Å². The van der Waals surface area contributed by atoms with Crippen LogP contribution in [0, 0.1) is 6.92 Å². The molecule has 7 rings (SSSR count). The molecule has 2 fully saturated rings. The number of amides is 2. The van der Waals surface area contributed by atoms with Gasteiger partial charge in [-0.15, -0.1) is 11.3 Å². The summed E-state index contributed by atoms with van der Waals surface area (Å²) in [7, 11) is 2.17. The van der Waals surface area contributed by atoms with E-state index in [4.69, 9.17) is 4.98 Å². The standard InChI is InChI=1S/C32H36N8O2S/c1-19-14-21(24-15-34-31(36-24)28-7-5-12-39(28)29(42)17-33-20(2)41)8-9-26(19)40-13-10-22-23(18-43-32(22)40)25-16-35-30(37-25)27-6-4-11-38(27)3/h8-10,13-16,18,27-28H,4-7,11-12,17H2,1-3H3,(H,33,41)(H,34,36)(H,35,37)/t27-,28-/m0/s1. The minimum Gasteiger partial charge on any atom is -0.347 e. The van der Waals surface area contributed by atoms with E-state index >= 15 is 0 Å². The predicted octanol–water partition coefficient (Wildman–Crippen LogP) is 5.35. The summed E-state index contributed by atoms with van der Waals surface area (Å²) in [6.07, 6.45) is 10.1. The molecule has 2 aliphatic rings. The number of carbonyl (C=O) groups excluding carboxylic acids is 2. The Bertz CT molecular complexity index is 1810. The molecule has 11 heteroatoms. The van der Waals surface area contributed by atoms with Crippen molar-refractivity contribution in [1.29, 1.82) is 0 Å². The molecule has 3 N–H and O–H groups in total. The number of aromatic amines is 2. The summed E-state index contributed by atoms with van der Waals surface area (Å²) in [4.78, 5) is 45.8. The Hall–Kier alpha value is -4.22. The van der Waals surface area contributed by atoms with Gasteiger partial charge in [0, 0.05) is 41.7 Å². The van der Waals surface area contributed by atoms with Gasteiger partial charge in [0.25, 0.3) is 0 Å². The van der Waals surface area contributed by atoms with E-state index in [1.54, 1.807) is 11.3 Å².